The van der Waals surface area contributed by atoms with Crippen molar-refractivity contribution in [3.63, 3.8) is 0 Å². The zero-order valence-electron chi connectivity index (χ0n) is 29.0. The average molecular weight is 667 g/mol. The molecule has 0 saturated heterocycles. The molecule has 0 fully saturated rings. The third-order valence-electron chi connectivity index (χ3n) is 10.7. The molecular weight excluding hydrogens is 633 g/mol. The van der Waals surface area contributed by atoms with Crippen LogP contribution in [0.25, 0.3) is 89.2 Å². The molecule has 2 aromatic heterocycles. The Morgan fingerprint density at radius 3 is 1.77 bits per heavy atom. The Kier molecular flexibility index (Phi) is 6.84. The van der Waals surface area contributed by atoms with Gasteiger partial charge in [0.15, 0.2) is 5.82 Å². The largest absolute Gasteiger partial charge is 0.456 e. The van der Waals surface area contributed by atoms with Crippen LogP contribution in [0.4, 0.5) is 0 Å². The number of para-hydroxylation sites is 1. The van der Waals surface area contributed by atoms with Crippen molar-refractivity contribution < 1.29 is 4.42 Å². The fourth-order valence-corrected chi connectivity index (χ4v) is 7.97. The van der Waals surface area contributed by atoms with Crippen LogP contribution in [0.15, 0.2) is 174 Å². The van der Waals surface area contributed by atoms with Crippen molar-refractivity contribution in [2.45, 2.75) is 19.3 Å². The molecule has 0 N–H and O–H groups in total. The molecule has 0 aliphatic heterocycles. The van der Waals surface area contributed by atoms with Gasteiger partial charge in [-0.2, -0.15) is 0 Å². The number of rotatable bonds is 5. The van der Waals surface area contributed by atoms with Crippen molar-refractivity contribution in [1.82, 2.24) is 9.97 Å². The van der Waals surface area contributed by atoms with Crippen LogP contribution in [0, 0.1) is 0 Å². The van der Waals surface area contributed by atoms with Gasteiger partial charge >= 0.3 is 0 Å². The molecule has 246 valence electrons. The van der Waals surface area contributed by atoms with Gasteiger partial charge in [-0.05, 0) is 86.6 Å². The van der Waals surface area contributed by atoms with Gasteiger partial charge in [-0.1, -0.05) is 141 Å². The van der Waals surface area contributed by atoms with Gasteiger partial charge in [-0.15, -0.1) is 0 Å². The molecule has 0 saturated carbocycles. The Labute approximate surface area is 302 Å². The van der Waals surface area contributed by atoms with Crippen molar-refractivity contribution >= 4 is 21.7 Å². The lowest BCUT2D eigenvalue weighted by molar-refractivity contribution is 0.631. The first kappa shape index (κ1) is 30.3. The summed E-state index contributed by atoms with van der Waals surface area (Å²) in [5.41, 5.74) is 14.3. The van der Waals surface area contributed by atoms with Gasteiger partial charge in [-0.3, -0.25) is 0 Å². The Morgan fingerprint density at radius 2 is 1.02 bits per heavy atom. The van der Waals surface area contributed by atoms with Crippen molar-refractivity contribution in [1.29, 1.82) is 0 Å². The summed E-state index contributed by atoms with van der Waals surface area (Å²) in [6.45, 7) is 4.70. The lowest BCUT2D eigenvalue weighted by Gasteiger charge is -2.22. The van der Waals surface area contributed by atoms with E-state index in [1.807, 2.05) is 36.4 Å². The second-order valence-electron chi connectivity index (χ2n) is 14.2. The van der Waals surface area contributed by atoms with Gasteiger partial charge in [0.2, 0.25) is 0 Å². The Hall–Kier alpha value is -6.58. The summed E-state index contributed by atoms with van der Waals surface area (Å²) in [6.07, 6.45) is 0. The standard InChI is InChI=1S/C49H34N2O/c1-49(2)41-23-12-22-39(47(41)40-27-32-15-6-7-16-33(32)28-42(40)49)34-18-10-19-35(25-34)43-30-44(51-48(50-43)31-13-4-3-5-14-31)36-20-11-21-37(26-36)46-29-38-17-8-9-24-45(38)52-46/h3-30H,1-2H3. The number of fused-ring (bicyclic) bond motifs is 5. The maximum atomic E-state index is 6.24. The van der Waals surface area contributed by atoms with Crippen LogP contribution in [0.3, 0.4) is 0 Å². The van der Waals surface area contributed by atoms with Crippen LogP contribution in [0.2, 0.25) is 0 Å². The SMILES string of the molecule is CC1(C)c2cc3ccccc3cc2-c2c(-c3cccc(-c4cc(-c5cccc(-c6cc7ccccc7o6)c5)nc(-c5ccccc5)n4)c3)cccc21. The zero-order valence-corrected chi connectivity index (χ0v) is 29.0. The lowest BCUT2D eigenvalue weighted by Crippen LogP contribution is -2.14. The molecular formula is C49H34N2O. The van der Waals surface area contributed by atoms with E-state index in [4.69, 9.17) is 14.4 Å². The number of aromatic nitrogens is 2. The second kappa shape index (κ2) is 11.8. The number of hydrogen-bond acceptors (Lipinski definition) is 3. The van der Waals surface area contributed by atoms with Crippen molar-refractivity contribution in [2.24, 2.45) is 0 Å². The highest BCUT2D eigenvalue weighted by atomic mass is 16.3. The minimum Gasteiger partial charge on any atom is -0.456 e. The van der Waals surface area contributed by atoms with E-state index in [0.717, 1.165) is 50.4 Å². The maximum Gasteiger partial charge on any atom is 0.160 e. The molecule has 9 aromatic rings. The first-order valence-corrected chi connectivity index (χ1v) is 17.8. The Bertz CT molecular complexity index is 2790. The van der Waals surface area contributed by atoms with Crippen LogP contribution < -0.4 is 0 Å². The van der Waals surface area contributed by atoms with Crippen molar-refractivity contribution in [2.75, 3.05) is 0 Å². The molecule has 3 nitrogen and oxygen atoms in total. The first-order valence-electron chi connectivity index (χ1n) is 17.8. The lowest BCUT2D eigenvalue weighted by atomic mass is 9.81. The van der Waals surface area contributed by atoms with Gasteiger partial charge in [-0.25, -0.2) is 9.97 Å². The smallest absolute Gasteiger partial charge is 0.160 e. The third kappa shape index (κ3) is 4.97. The molecule has 0 amide bonds. The summed E-state index contributed by atoms with van der Waals surface area (Å²) in [5, 5.41) is 3.63. The highest BCUT2D eigenvalue weighted by Gasteiger charge is 2.37. The summed E-state index contributed by atoms with van der Waals surface area (Å²) in [4.78, 5) is 10.3. The third-order valence-corrected chi connectivity index (χ3v) is 10.7. The summed E-state index contributed by atoms with van der Waals surface area (Å²) >= 11 is 0. The van der Waals surface area contributed by atoms with Crippen LogP contribution in [-0.2, 0) is 5.41 Å². The minimum absolute atomic E-state index is 0.106. The molecule has 1 aliphatic carbocycles. The van der Waals surface area contributed by atoms with Gasteiger partial charge in [0.25, 0.3) is 0 Å². The minimum atomic E-state index is -0.106. The van der Waals surface area contributed by atoms with Crippen LogP contribution in [0.5, 0.6) is 0 Å². The highest BCUT2D eigenvalue weighted by Crippen LogP contribution is 2.53. The predicted octanol–water partition coefficient (Wildman–Crippen LogP) is 13.0. The summed E-state index contributed by atoms with van der Waals surface area (Å²) in [6, 6.07) is 60.0. The monoisotopic (exact) mass is 666 g/mol. The topological polar surface area (TPSA) is 38.9 Å². The molecule has 0 radical (unpaired) electrons. The molecule has 0 atom stereocenters. The fourth-order valence-electron chi connectivity index (χ4n) is 7.97. The van der Waals surface area contributed by atoms with Gasteiger partial charge < -0.3 is 4.42 Å². The molecule has 0 spiro atoms. The number of benzene rings is 7. The van der Waals surface area contributed by atoms with E-state index >= 15 is 0 Å². The predicted molar refractivity (Wildman–Crippen MR) is 214 cm³/mol. The van der Waals surface area contributed by atoms with E-state index < -0.39 is 0 Å². The van der Waals surface area contributed by atoms with Gasteiger partial charge in [0, 0.05) is 33.1 Å². The molecule has 0 bridgehead atoms. The number of hydrogen-bond donors (Lipinski definition) is 0. The summed E-state index contributed by atoms with van der Waals surface area (Å²) < 4.78 is 6.24. The molecule has 0 unspecified atom stereocenters. The van der Waals surface area contributed by atoms with Crippen LogP contribution in [-0.4, -0.2) is 9.97 Å². The quantitative estimate of drug-likeness (QED) is 0.183. The Morgan fingerprint density at radius 1 is 0.423 bits per heavy atom. The summed E-state index contributed by atoms with van der Waals surface area (Å²) in [7, 11) is 0. The van der Waals surface area contributed by atoms with Crippen molar-refractivity contribution in [3.8, 4) is 67.5 Å². The van der Waals surface area contributed by atoms with Gasteiger partial charge in [0.1, 0.15) is 11.3 Å². The zero-order chi connectivity index (χ0) is 34.8. The van der Waals surface area contributed by atoms with Gasteiger partial charge in [0.05, 0.1) is 11.4 Å². The van der Waals surface area contributed by atoms with Crippen molar-refractivity contribution in [3.05, 3.63) is 181 Å². The number of nitrogens with zero attached hydrogens (tertiary/aromatic N) is 2. The van der Waals surface area contributed by atoms with E-state index in [2.05, 4.69) is 147 Å². The molecule has 52 heavy (non-hydrogen) atoms. The van der Waals surface area contributed by atoms with Crippen LogP contribution >= 0.6 is 0 Å². The number of furan rings is 1. The molecule has 2 heterocycles. The molecule has 10 rings (SSSR count). The van der Waals surface area contributed by atoms with E-state index in [1.165, 1.54) is 44.2 Å². The first-order chi connectivity index (χ1) is 25.5. The highest BCUT2D eigenvalue weighted by molar-refractivity contribution is 5.99. The van der Waals surface area contributed by atoms with E-state index in [-0.39, 0.29) is 5.41 Å². The van der Waals surface area contributed by atoms with E-state index in [1.54, 1.807) is 0 Å². The fraction of sp³-hybridized carbons (Fsp3) is 0.0612. The summed E-state index contributed by atoms with van der Waals surface area (Å²) in [5.74, 6) is 1.53. The average Bonchev–Trinajstić information content (AvgIpc) is 3.74. The molecule has 1 aliphatic rings. The van der Waals surface area contributed by atoms with E-state index in [0.29, 0.717) is 5.82 Å². The molecule has 3 heteroatoms. The van der Waals surface area contributed by atoms with Crippen LogP contribution in [0.1, 0.15) is 25.0 Å². The normalized spacial score (nSPS) is 13.0. The van der Waals surface area contributed by atoms with E-state index in [9.17, 15) is 0 Å². The maximum absolute atomic E-state index is 6.24. The Balaban J connectivity index is 1.11. The molecule has 7 aromatic carbocycles. The second-order valence-corrected chi connectivity index (χ2v) is 14.2.